The molecular weight excluding hydrogens is 302 g/mol. The second kappa shape index (κ2) is 12.6. The van der Waals surface area contributed by atoms with E-state index in [9.17, 15) is 0 Å². The van der Waals surface area contributed by atoms with E-state index < -0.39 is 0 Å². The number of nitrogens with one attached hydrogen (secondary N) is 2. The van der Waals surface area contributed by atoms with Crippen LogP contribution in [0.5, 0.6) is 5.75 Å². The van der Waals surface area contributed by atoms with E-state index in [0.717, 1.165) is 57.5 Å². The van der Waals surface area contributed by atoms with Gasteiger partial charge in [-0.1, -0.05) is 26.0 Å². The van der Waals surface area contributed by atoms with Crippen LogP contribution in [0.3, 0.4) is 0 Å². The Balaban J connectivity index is 2.22. The highest BCUT2D eigenvalue weighted by molar-refractivity contribution is 5.79. The smallest absolute Gasteiger partial charge is 0.190 e. The van der Waals surface area contributed by atoms with E-state index in [-0.39, 0.29) is 0 Å². The fraction of sp³-hybridized carbons (Fsp3) is 0.632. The second-order valence-electron chi connectivity index (χ2n) is 6.08. The van der Waals surface area contributed by atoms with Crippen molar-refractivity contribution in [2.75, 3.05) is 40.0 Å². The molecule has 0 radical (unpaired) electrons. The molecule has 1 rings (SSSR count). The molecule has 136 valence electrons. The van der Waals surface area contributed by atoms with Gasteiger partial charge in [-0.25, -0.2) is 0 Å². The first kappa shape index (κ1) is 20.3. The highest BCUT2D eigenvalue weighted by atomic mass is 16.5. The lowest BCUT2D eigenvalue weighted by Gasteiger charge is -2.12. The summed E-state index contributed by atoms with van der Waals surface area (Å²) < 4.78 is 11.0. The molecule has 0 amide bonds. The summed E-state index contributed by atoms with van der Waals surface area (Å²) in [5.74, 6) is 2.32. The third kappa shape index (κ3) is 9.40. The van der Waals surface area contributed by atoms with E-state index in [1.54, 1.807) is 7.05 Å². The minimum atomic E-state index is 0.543. The van der Waals surface area contributed by atoms with Crippen molar-refractivity contribution in [3.63, 3.8) is 0 Å². The SMILES string of the molecule is CCOCCCNC(=NC)NCCc1ccc(OCC(C)C)cc1. The van der Waals surface area contributed by atoms with Gasteiger partial charge in [-0.3, -0.25) is 4.99 Å². The molecule has 24 heavy (non-hydrogen) atoms. The van der Waals surface area contributed by atoms with Gasteiger partial charge in [0.2, 0.25) is 0 Å². The molecule has 0 aromatic heterocycles. The maximum absolute atomic E-state index is 5.70. The zero-order valence-corrected chi connectivity index (χ0v) is 15.6. The maximum atomic E-state index is 5.70. The fourth-order valence-electron chi connectivity index (χ4n) is 2.09. The van der Waals surface area contributed by atoms with Gasteiger partial charge in [-0.15, -0.1) is 0 Å². The van der Waals surface area contributed by atoms with Crippen molar-refractivity contribution in [2.24, 2.45) is 10.9 Å². The van der Waals surface area contributed by atoms with Crippen molar-refractivity contribution in [3.05, 3.63) is 29.8 Å². The van der Waals surface area contributed by atoms with E-state index in [0.29, 0.717) is 5.92 Å². The Morgan fingerprint density at radius 1 is 1.12 bits per heavy atom. The van der Waals surface area contributed by atoms with Crippen LogP contribution >= 0.6 is 0 Å². The Hall–Kier alpha value is -1.75. The van der Waals surface area contributed by atoms with Crippen LogP contribution in [0.2, 0.25) is 0 Å². The predicted molar refractivity (Wildman–Crippen MR) is 101 cm³/mol. The van der Waals surface area contributed by atoms with E-state index >= 15 is 0 Å². The van der Waals surface area contributed by atoms with Gasteiger partial charge in [0.15, 0.2) is 5.96 Å². The highest BCUT2D eigenvalue weighted by Gasteiger charge is 2.00. The average Bonchev–Trinajstić information content (AvgIpc) is 2.59. The Morgan fingerprint density at radius 3 is 2.46 bits per heavy atom. The maximum Gasteiger partial charge on any atom is 0.190 e. The molecule has 0 aliphatic carbocycles. The topological polar surface area (TPSA) is 54.9 Å². The molecule has 2 N–H and O–H groups in total. The summed E-state index contributed by atoms with van der Waals surface area (Å²) in [7, 11) is 1.79. The number of guanidine groups is 1. The molecule has 0 spiro atoms. The monoisotopic (exact) mass is 335 g/mol. The van der Waals surface area contributed by atoms with Gasteiger partial charge in [-0.05, 0) is 43.4 Å². The molecule has 0 saturated heterocycles. The number of hydrogen-bond donors (Lipinski definition) is 2. The predicted octanol–water partition coefficient (Wildman–Crippen LogP) is 2.86. The summed E-state index contributed by atoms with van der Waals surface area (Å²) in [6.07, 6.45) is 1.93. The van der Waals surface area contributed by atoms with Crippen LogP contribution in [0.25, 0.3) is 0 Å². The van der Waals surface area contributed by atoms with E-state index in [1.165, 1.54) is 5.56 Å². The van der Waals surface area contributed by atoms with Crippen molar-refractivity contribution in [3.8, 4) is 5.75 Å². The normalized spacial score (nSPS) is 11.6. The van der Waals surface area contributed by atoms with Crippen LogP contribution in [0.1, 0.15) is 32.8 Å². The molecule has 0 unspecified atom stereocenters. The molecule has 0 fully saturated rings. The standard InChI is InChI=1S/C19H33N3O2/c1-5-23-14-6-12-21-19(20-4)22-13-11-17-7-9-18(10-8-17)24-15-16(2)3/h7-10,16H,5-6,11-15H2,1-4H3,(H2,20,21,22). The van der Waals surface area contributed by atoms with Crippen LogP contribution < -0.4 is 15.4 Å². The van der Waals surface area contributed by atoms with Crippen molar-refractivity contribution >= 4 is 5.96 Å². The summed E-state index contributed by atoms with van der Waals surface area (Å²) in [6, 6.07) is 8.32. The zero-order chi connectivity index (χ0) is 17.6. The minimum Gasteiger partial charge on any atom is -0.493 e. The summed E-state index contributed by atoms with van der Waals surface area (Å²) in [5.41, 5.74) is 1.28. The van der Waals surface area contributed by atoms with Gasteiger partial charge in [0.25, 0.3) is 0 Å². The molecular formula is C19H33N3O2. The molecule has 5 heteroatoms. The number of aliphatic imine (C=N–C) groups is 1. The molecule has 1 aromatic rings. The fourth-order valence-corrected chi connectivity index (χ4v) is 2.09. The number of nitrogens with zero attached hydrogens (tertiary/aromatic N) is 1. The van der Waals surface area contributed by atoms with Gasteiger partial charge in [0, 0.05) is 33.4 Å². The molecule has 0 atom stereocenters. The van der Waals surface area contributed by atoms with Crippen molar-refractivity contribution in [2.45, 2.75) is 33.6 Å². The third-order valence-corrected chi connectivity index (χ3v) is 3.40. The molecule has 1 aromatic carbocycles. The first-order valence-corrected chi connectivity index (χ1v) is 8.89. The van der Waals surface area contributed by atoms with Gasteiger partial charge in [0.05, 0.1) is 6.61 Å². The van der Waals surface area contributed by atoms with Crippen LogP contribution in [0, 0.1) is 5.92 Å². The number of benzene rings is 1. The van der Waals surface area contributed by atoms with Crippen LogP contribution in [-0.2, 0) is 11.2 Å². The Kier molecular flexibility index (Phi) is 10.7. The van der Waals surface area contributed by atoms with Gasteiger partial charge in [0.1, 0.15) is 5.75 Å². The van der Waals surface area contributed by atoms with Crippen LogP contribution in [-0.4, -0.2) is 45.9 Å². The lowest BCUT2D eigenvalue weighted by atomic mass is 10.1. The van der Waals surface area contributed by atoms with E-state index in [2.05, 4.69) is 41.6 Å². The van der Waals surface area contributed by atoms with E-state index in [1.807, 2.05) is 19.1 Å². The zero-order valence-electron chi connectivity index (χ0n) is 15.6. The van der Waals surface area contributed by atoms with Crippen molar-refractivity contribution in [1.82, 2.24) is 10.6 Å². The molecule has 0 aliphatic heterocycles. The van der Waals surface area contributed by atoms with Gasteiger partial charge < -0.3 is 20.1 Å². The first-order valence-electron chi connectivity index (χ1n) is 8.89. The Bertz CT molecular complexity index is 458. The first-order chi connectivity index (χ1) is 11.7. The molecule has 0 saturated carbocycles. The Morgan fingerprint density at radius 2 is 1.83 bits per heavy atom. The molecule has 0 bridgehead atoms. The lowest BCUT2D eigenvalue weighted by molar-refractivity contribution is 0.145. The van der Waals surface area contributed by atoms with E-state index in [4.69, 9.17) is 9.47 Å². The van der Waals surface area contributed by atoms with Crippen molar-refractivity contribution in [1.29, 1.82) is 0 Å². The second-order valence-corrected chi connectivity index (χ2v) is 6.08. The quantitative estimate of drug-likeness (QED) is 0.371. The average molecular weight is 335 g/mol. The van der Waals surface area contributed by atoms with Crippen LogP contribution in [0.15, 0.2) is 29.3 Å². The minimum absolute atomic E-state index is 0.543. The number of rotatable bonds is 11. The molecule has 0 heterocycles. The van der Waals surface area contributed by atoms with Crippen LogP contribution in [0.4, 0.5) is 0 Å². The van der Waals surface area contributed by atoms with Gasteiger partial charge >= 0.3 is 0 Å². The molecule has 5 nitrogen and oxygen atoms in total. The Labute approximate surface area is 146 Å². The van der Waals surface area contributed by atoms with Gasteiger partial charge in [-0.2, -0.15) is 0 Å². The summed E-state index contributed by atoms with van der Waals surface area (Å²) in [6.45, 7) is 10.3. The summed E-state index contributed by atoms with van der Waals surface area (Å²) in [4.78, 5) is 4.23. The van der Waals surface area contributed by atoms with Crippen molar-refractivity contribution < 1.29 is 9.47 Å². The largest absolute Gasteiger partial charge is 0.493 e. The number of hydrogen-bond acceptors (Lipinski definition) is 3. The third-order valence-electron chi connectivity index (χ3n) is 3.40. The molecule has 0 aliphatic rings. The lowest BCUT2D eigenvalue weighted by Crippen LogP contribution is -2.39. The highest BCUT2D eigenvalue weighted by Crippen LogP contribution is 2.13. The number of ether oxygens (including phenoxy) is 2. The summed E-state index contributed by atoms with van der Waals surface area (Å²) >= 11 is 0. The summed E-state index contributed by atoms with van der Waals surface area (Å²) in [5, 5.41) is 6.62.